The number of imidazole rings is 1. The quantitative estimate of drug-likeness (QED) is 0.647. The Kier molecular flexibility index (Phi) is 1.82. The third kappa shape index (κ3) is 1.47. The number of fused-ring (bicyclic) bond motifs is 1. The van der Waals surface area contributed by atoms with Crippen molar-refractivity contribution in [3.63, 3.8) is 0 Å². The zero-order chi connectivity index (χ0) is 11.2. The number of nitrogens with zero attached hydrogens (tertiary/aromatic N) is 2. The molecule has 0 atom stereocenters. The second-order valence-electron chi connectivity index (χ2n) is 4.39. The monoisotopic (exact) mass is 208 g/mol. The van der Waals surface area contributed by atoms with Crippen LogP contribution in [0, 0.1) is 0 Å². The third-order valence-electron chi connectivity index (χ3n) is 2.16. The number of aromatic amines is 2. The van der Waals surface area contributed by atoms with Crippen LogP contribution in [-0.2, 0) is 5.54 Å². The van der Waals surface area contributed by atoms with Crippen molar-refractivity contribution in [1.82, 2.24) is 19.5 Å². The Labute approximate surface area is 85.0 Å². The van der Waals surface area contributed by atoms with Gasteiger partial charge in [0.15, 0.2) is 5.52 Å². The van der Waals surface area contributed by atoms with Gasteiger partial charge in [-0.25, -0.2) is 9.78 Å². The molecule has 6 heteroatoms. The molecule has 2 aromatic rings. The van der Waals surface area contributed by atoms with Gasteiger partial charge in [-0.15, -0.1) is 0 Å². The Morgan fingerprint density at radius 1 is 1.27 bits per heavy atom. The first-order valence-electron chi connectivity index (χ1n) is 4.60. The first-order chi connectivity index (χ1) is 6.89. The highest BCUT2D eigenvalue weighted by Crippen LogP contribution is 2.17. The minimum atomic E-state index is -0.515. The van der Waals surface area contributed by atoms with Crippen LogP contribution in [-0.4, -0.2) is 19.5 Å². The van der Waals surface area contributed by atoms with E-state index in [1.807, 2.05) is 20.8 Å². The van der Waals surface area contributed by atoms with Gasteiger partial charge in [0.2, 0.25) is 0 Å². The van der Waals surface area contributed by atoms with Crippen LogP contribution in [0.25, 0.3) is 11.2 Å². The van der Waals surface area contributed by atoms with Crippen LogP contribution in [0.1, 0.15) is 20.8 Å². The van der Waals surface area contributed by atoms with E-state index in [2.05, 4.69) is 15.0 Å². The minimum absolute atomic E-state index is 0.231. The molecule has 0 fully saturated rings. The van der Waals surface area contributed by atoms with E-state index in [4.69, 9.17) is 0 Å². The smallest absolute Gasteiger partial charge is 0.311 e. The average Bonchev–Trinajstić information content (AvgIpc) is 2.45. The first kappa shape index (κ1) is 9.70. The summed E-state index contributed by atoms with van der Waals surface area (Å²) in [5, 5.41) is 0. The molecule has 0 saturated carbocycles. The maximum absolute atomic E-state index is 11.4. The van der Waals surface area contributed by atoms with Crippen LogP contribution in [0.4, 0.5) is 0 Å². The van der Waals surface area contributed by atoms with Crippen LogP contribution in [0.3, 0.4) is 0 Å². The number of hydrogen-bond acceptors (Lipinski definition) is 3. The van der Waals surface area contributed by atoms with Gasteiger partial charge in [0.05, 0.1) is 6.33 Å². The number of H-pyrrole nitrogens is 2. The van der Waals surface area contributed by atoms with Crippen molar-refractivity contribution in [3.05, 3.63) is 27.2 Å². The molecule has 0 amide bonds. The summed E-state index contributed by atoms with van der Waals surface area (Å²) < 4.78 is 1.76. The van der Waals surface area contributed by atoms with E-state index in [0.717, 1.165) is 0 Å². The minimum Gasteiger partial charge on any atom is -0.311 e. The highest BCUT2D eigenvalue weighted by molar-refractivity contribution is 5.69. The van der Waals surface area contributed by atoms with Crippen molar-refractivity contribution in [2.24, 2.45) is 0 Å². The molecule has 2 heterocycles. The molecule has 0 saturated heterocycles. The van der Waals surface area contributed by atoms with Crippen LogP contribution < -0.4 is 11.2 Å². The number of hydrogen-bond donors (Lipinski definition) is 2. The summed E-state index contributed by atoms with van der Waals surface area (Å²) in [5.41, 5.74) is -0.498. The van der Waals surface area contributed by atoms with Gasteiger partial charge in [0.1, 0.15) is 5.65 Å². The molecule has 0 unspecified atom stereocenters. The summed E-state index contributed by atoms with van der Waals surface area (Å²) >= 11 is 0. The van der Waals surface area contributed by atoms with Gasteiger partial charge in [0.25, 0.3) is 5.56 Å². The molecule has 0 spiro atoms. The third-order valence-corrected chi connectivity index (χ3v) is 2.16. The standard InChI is InChI=1S/C9H12N4O2/c1-9(2,3)13-4-10-5-6(13)11-8(15)12-7(5)14/h4H,1-3H3,(H2,11,12,14,15). The van der Waals surface area contributed by atoms with E-state index in [9.17, 15) is 9.59 Å². The predicted octanol–water partition coefficient (Wildman–Crippen LogP) is 0.168. The summed E-state index contributed by atoms with van der Waals surface area (Å²) in [5.74, 6) is 0. The number of nitrogens with one attached hydrogen (secondary N) is 2. The summed E-state index contributed by atoms with van der Waals surface area (Å²) in [4.78, 5) is 31.2. The molecule has 0 aliphatic rings. The average molecular weight is 208 g/mol. The molecule has 0 aliphatic heterocycles. The van der Waals surface area contributed by atoms with Gasteiger partial charge in [-0.1, -0.05) is 0 Å². The molecule has 80 valence electrons. The second kappa shape index (κ2) is 2.82. The fourth-order valence-corrected chi connectivity index (χ4v) is 1.44. The number of rotatable bonds is 0. The van der Waals surface area contributed by atoms with E-state index < -0.39 is 11.2 Å². The zero-order valence-corrected chi connectivity index (χ0v) is 8.79. The number of aromatic nitrogens is 4. The van der Waals surface area contributed by atoms with Crippen molar-refractivity contribution in [3.8, 4) is 0 Å². The predicted molar refractivity (Wildman–Crippen MR) is 56.0 cm³/mol. The zero-order valence-electron chi connectivity index (χ0n) is 8.79. The van der Waals surface area contributed by atoms with E-state index in [1.54, 1.807) is 10.9 Å². The van der Waals surface area contributed by atoms with Gasteiger partial charge >= 0.3 is 5.69 Å². The molecule has 0 bridgehead atoms. The lowest BCUT2D eigenvalue weighted by atomic mass is 10.1. The van der Waals surface area contributed by atoms with Crippen LogP contribution in [0.5, 0.6) is 0 Å². The van der Waals surface area contributed by atoms with Crippen molar-refractivity contribution >= 4 is 11.2 Å². The maximum Gasteiger partial charge on any atom is 0.327 e. The summed E-state index contributed by atoms with van der Waals surface area (Å²) in [6.45, 7) is 5.90. The summed E-state index contributed by atoms with van der Waals surface area (Å²) in [7, 11) is 0. The molecule has 15 heavy (non-hydrogen) atoms. The molecule has 0 aliphatic carbocycles. The lowest BCUT2D eigenvalue weighted by Crippen LogP contribution is -2.26. The van der Waals surface area contributed by atoms with Crippen molar-refractivity contribution in [2.75, 3.05) is 0 Å². The van der Waals surface area contributed by atoms with Crippen molar-refractivity contribution in [1.29, 1.82) is 0 Å². The van der Waals surface area contributed by atoms with Crippen LogP contribution >= 0.6 is 0 Å². The lowest BCUT2D eigenvalue weighted by Gasteiger charge is -2.20. The van der Waals surface area contributed by atoms with E-state index in [1.165, 1.54) is 0 Å². The molecule has 6 nitrogen and oxygen atoms in total. The van der Waals surface area contributed by atoms with Gasteiger partial charge < -0.3 is 4.57 Å². The molecule has 0 radical (unpaired) electrons. The largest absolute Gasteiger partial charge is 0.327 e. The Morgan fingerprint density at radius 2 is 1.93 bits per heavy atom. The molecule has 2 N–H and O–H groups in total. The van der Waals surface area contributed by atoms with Gasteiger partial charge in [-0.3, -0.25) is 14.8 Å². The Morgan fingerprint density at radius 3 is 2.53 bits per heavy atom. The van der Waals surface area contributed by atoms with E-state index in [0.29, 0.717) is 5.65 Å². The van der Waals surface area contributed by atoms with Gasteiger partial charge in [-0.05, 0) is 20.8 Å². The molecular formula is C9H12N4O2. The van der Waals surface area contributed by atoms with E-state index in [-0.39, 0.29) is 11.1 Å². The molecular weight excluding hydrogens is 196 g/mol. The second-order valence-corrected chi connectivity index (χ2v) is 4.39. The van der Waals surface area contributed by atoms with Gasteiger partial charge in [-0.2, -0.15) is 0 Å². The Balaban J connectivity index is 2.92. The Bertz CT molecular complexity index is 611. The highest BCUT2D eigenvalue weighted by atomic mass is 16.2. The fourth-order valence-electron chi connectivity index (χ4n) is 1.44. The maximum atomic E-state index is 11.4. The molecule has 0 aromatic carbocycles. The highest BCUT2D eigenvalue weighted by Gasteiger charge is 2.17. The topological polar surface area (TPSA) is 83.5 Å². The van der Waals surface area contributed by atoms with Crippen molar-refractivity contribution in [2.45, 2.75) is 26.3 Å². The summed E-state index contributed by atoms with van der Waals surface area (Å²) in [6, 6.07) is 0. The van der Waals surface area contributed by atoms with Gasteiger partial charge in [0, 0.05) is 5.54 Å². The molecule has 2 rings (SSSR count). The fraction of sp³-hybridized carbons (Fsp3) is 0.444. The van der Waals surface area contributed by atoms with E-state index >= 15 is 0 Å². The SMILES string of the molecule is CC(C)(C)n1cnc2c(=O)[nH]c(=O)[nH]c21. The van der Waals surface area contributed by atoms with Crippen molar-refractivity contribution < 1.29 is 0 Å². The lowest BCUT2D eigenvalue weighted by molar-refractivity contribution is 0.405. The first-order valence-corrected chi connectivity index (χ1v) is 4.60. The normalized spacial score (nSPS) is 12.2. The van der Waals surface area contributed by atoms with Crippen LogP contribution in [0.2, 0.25) is 0 Å². The molecule has 2 aromatic heterocycles. The summed E-state index contributed by atoms with van der Waals surface area (Å²) in [6.07, 6.45) is 1.55. The van der Waals surface area contributed by atoms with Crippen LogP contribution in [0.15, 0.2) is 15.9 Å². The Hall–Kier alpha value is -1.85.